The lowest BCUT2D eigenvalue weighted by atomic mass is 10.1. The molecule has 0 aliphatic carbocycles. The molecule has 0 atom stereocenters. The molecular weight excluding hydrogens is 451 g/mol. The van der Waals surface area contributed by atoms with Crippen molar-refractivity contribution in [3.63, 3.8) is 0 Å². The minimum absolute atomic E-state index is 0.0771. The molecule has 9 nitrogen and oxygen atoms in total. The lowest BCUT2D eigenvalue weighted by Gasteiger charge is -2.32. The monoisotopic (exact) mass is 471 g/mol. The average molecular weight is 471 g/mol. The molecule has 0 radical (unpaired) electrons. The fraction of sp³-hybridized carbons (Fsp3) is 0.316. The molecule has 0 spiro atoms. The standard InChI is InChI=1S/C19H20F3N5O4S/c20-19(21,22)15-2-1-3-16(24-15)27(18(29)26-8-10-32(30,31)11-9-26)12-13-4-6-14(7-5-13)17(28)25-23/h1-7H,8-12,23H2,(H,25,28). The molecule has 0 unspecified atom stereocenters. The van der Waals surface area contributed by atoms with Crippen LogP contribution in [-0.2, 0) is 22.6 Å². The summed E-state index contributed by atoms with van der Waals surface area (Å²) in [5.74, 6) is 3.86. The summed E-state index contributed by atoms with van der Waals surface area (Å²) in [5.41, 5.74) is 1.58. The summed E-state index contributed by atoms with van der Waals surface area (Å²) >= 11 is 0. The van der Waals surface area contributed by atoms with Crippen molar-refractivity contribution in [2.24, 2.45) is 5.84 Å². The topological polar surface area (TPSA) is 126 Å². The van der Waals surface area contributed by atoms with Crippen LogP contribution in [0.25, 0.3) is 0 Å². The number of aromatic nitrogens is 1. The van der Waals surface area contributed by atoms with Gasteiger partial charge in [-0.05, 0) is 29.8 Å². The molecule has 13 heteroatoms. The number of halogens is 3. The van der Waals surface area contributed by atoms with Crippen LogP contribution in [0.4, 0.5) is 23.8 Å². The normalized spacial score (nSPS) is 15.8. The number of carbonyl (C=O) groups excluding carboxylic acids is 2. The largest absolute Gasteiger partial charge is 0.433 e. The molecule has 3 rings (SSSR count). The Hall–Kier alpha value is -3.19. The van der Waals surface area contributed by atoms with Crippen LogP contribution in [0, 0.1) is 0 Å². The highest BCUT2D eigenvalue weighted by molar-refractivity contribution is 7.91. The smallest absolute Gasteiger partial charge is 0.322 e. The van der Waals surface area contributed by atoms with E-state index in [9.17, 15) is 31.2 Å². The number of nitrogens with two attached hydrogens (primary N) is 1. The first-order valence-electron chi connectivity index (χ1n) is 9.41. The number of benzene rings is 1. The molecule has 172 valence electrons. The average Bonchev–Trinajstić information content (AvgIpc) is 2.76. The summed E-state index contributed by atoms with van der Waals surface area (Å²) in [6.45, 7) is -0.306. The van der Waals surface area contributed by atoms with E-state index in [-0.39, 0.29) is 42.5 Å². The maximum atomic E-state index is 13.2. The second kappa shape index (κ2) is 9.12. The van der Waals surface area contributed by atoms with Crippen LogP contribution in [0.5, 0.6) is 0 Å². The highest BCUT2D eigenvalue weighted by atomic mass is 32.2. The van der Waals surface area contributed by atoms with Gasteiger partial charge in [0.1, 0.15) is 11.5 Å². The maximum absolute atomic E-state index is 13.2. The molecule has 2 aromatic rings. The number of carbonyl (C=O) groups is 2. The number of alkyl halides is 3. The molecule has 1 fully saturated rings. The molecule has 3 N–H and O–H groups in total. The number of urea groups is 1. The van der Waals surface area contributed by atoms with E-state index in [4.69, 9.17) is 5.84 Å². The van der Waals surface area contributed by atoms with Crippen molar-refractivity contribution < 1.29 is 31.2 Å². The van der Waals surface area contributed by atoms with E-state index in [2.05, 4.69) is 4.98 Å². The fourth-order valence-electron chi connectivity index (χ4n) is 3.08. The number of hydrogen-bond acceptors (Lipinski definition) is 6. The number of amides is 3. The van der Waals surface area contributed by atoms with E-state index in [0.717, 1.165) is 17.0 Å². The van der Waals surface area contributed by atoms with Gasteiger partial charge in [0, 0.05) is 18.7 Å². The fourth-order valence-corrected chi connectivity index (χ4v) is 4.28. The van der Waals surface area contributed by atoms with Gasteiger partial charge in [-0.25, -0.2) is 24.0 Å². The van der Waals surface area contributed by atoms with E-state index in [1.165, 1.54) is 35.2 Å². The van der Waals surface area contributed by atoms with E-state index in [1.807, 2.05) is 5.43 Å². The van der Waals surface area contributed by atoms with E-state index >= 15 is 0 Å². The van der Waals surface area contributed by atoms with Crippen LogP contribution in [0.15, 0.2) is 42.5 Å². The summed E-state index contributed by atoms with van der Waals surface area (Å²) in [5, 5.41) is 0. The number of hydrazine groups is 1. The van der Waals surface area contributed by atoms with Gasteiger partial charge in [0.2, 0.25) is 0 Å². The van der Waals surface area contributed by atoms with Crippen LogP contribution in [0.2, 0.25) is 0 Å². The summed E-state index contributed by atoms with van der Waals surface area (Å²) in [4.78, 5) is 30.7. The molecule has 32 heavy (non-hydrogen) atoms. The lowest BCUT2D eigenvalue weighted by molar-refractivity contribution is -0.141. The zero-order valence-electron chi connectivity index (χ0n) is 16.7. The van der Waals surface area contributed by atoms with Gasteiger partial charge in [0.05, 0.1) is 18.1 Å². The third-order valence-corrected chi connectivity index (χ3v) is 6.44. The van der Waals surface area contributed by atoms with Crippen LogP contribution in [0.1, 0.15) is 21.6 Å². The van der Waals surface area contributed by atoms with Gasteiger partial charge in [0.15, 0.2) is 9.84 Å². The molecule has 1 aliphatic heterocycles. The van der Waals surface area contributed by atoms with Gasteiger partial charge in [0.25, 0.3) is 5.91 Å². The Balaban J connectivity index is 1.92. The number of anilines is 1. The number of pyridine rings is 1. The second-order valence-electron chi connectivity index (χ2n) is 7.06. The Kier molecular flexibility index (Phi) is 6.69. The van der Waals surface area contributed by atoms with Gasteiger partial charge in [-0.1, -0.05) is 18.2 Å². The third-order valence-electron chi connectivity index (χ3n) is 4.84. The number of nitrogen functional groups attached to an aromatic ring is 1. The van der Waals surface area contributed by atoms with Gasteiger partial charge in [-0.15, -0.1) is 0 Å². The van der Waals surface area contributed by atoms with Crippen molar-refractivity contribution in [1.82, 2.24) is 15.3 Å². The second-order valence-corrected chi connectivity index (χ2v) is 9.36. The highest BCUT2D eigenvalue weighted by Crippen LogP contribution is 2.29. The SMILES string of the molecule is NNC(=O)c1ccc(CN(C(=O)N2CCS(=O)(=O)CC2)c2cccc(C(F)(F)F)n2)cc1. The Labute approximate surface area is 181 Å². The molecule has 0 bridgehead atoms. The first-order chi connectivity index (χ1) is 15.0. The Morgan fingerprint density at radius 1 is 1.09 bits per heavy atom. The molecule has 1 aliphatic rings. The van der Waals surface area contributed by atoms with Gasteiger partial charge < -0.3 is 4.90 Å². The number of nitrogens with one attached hydrogen (secondary N) is 1. The van der Waals surface area contributed by atoms with Crippen molar-refractivity contribution >= 4 is 27.6 Å². The predicted molar refractivity (Wildman–Crippen MR) is 109 cm³/mol. The molecule has 1 aromatic heterocycles. The zero-order valence-corrected chi connectivity index (χ0v) is 17.5. The van der Waals surface area contributed by atoms with E-state index < -0.39 is 33.6 Å². The van der Waals surface area contributed by atoms with Crippen LogP contribution >= 0.6 is 0 Å². The Bertz CT molecular complexity index is 1090. The Morgan fingerprint density at radius 3 is 2.28 bits per heavy atom. The highest BCUT2D eigenvalue weighted by Gasteiger charge is 2.34. The predicted octanol–water partition coefficient (Wildman–Crippen LogP) is 1.56. The number of rotatable bonds is 4. The van der Waals surface area contributed by atoms with Crippen LogP contribution in [-0.4, -0.2) is 54.8 Å². The first-order valence-corrected chi connectivity index (χ1v) is 11.2. The van der Waals surface area contributed by atoms with Crippen LogP contribution in [0.3, 0.4) is 0 Å². The summed E-state index contributed by atoms with van der Waals surface area (Å²) in [7, 11) is -3.26. The molecule has 1 aromatic carbocycles. The minimum atomic E-state index is -4.71. The van der Waals surface area contributed by atoms with Gasteiger partial charge in [-0.2, -0.15) is 13.2 Å². The van der Waals surface area contributed by atoms with E-state index in [0.29, 0.717) is 5.56 Å². The van der Waals surface area contributed by atoms with Crippen molar-refractivity contribution in [2.75, 3.05) is 29.5 Å². The van der Waals surface area contributed by atoms with Gasteiger partial charge >= 0.3 is 12.2 Å². The van der Waals surface area contributed by atoms with Crippen molar-refractivity contribution in [3.05, 3.63) is 59.3 Å². The van der Waals surface area contributed by atoms with Crippen molar-refractivity contribution in [1.29, 1.82) is 0 Å². The third kappa shape index (κ3) is 5.53. The zero-order chi connectivity index (χ0) is 23.5. The minimum Gasteiger partial charge on any atom is -0.322 e. The molecule has 3 amide bonds. The maximum Gasteiger partial charge on any atom is 0.433 e. The first kappa shape index (κ1) is 23.5. The lowest BCUT2D eigenvalue weighted by Crippen LogP contribution is -2.50. The Morgan fingerprint density at radius 2 is 1.72 bits per heavy atom. The van der Waals surface area contributed by atoms with Crippen molar-refractivity contribution in [3.8, 4) is 0 Å². The number of sulfone groups is 1. The molecular formula is C19H20F3N5O4S. The van der Waals surface area contributed by atoms with Crippen molar-refractivity contribution in [2.45, 2.75) is 12.7 Å². The summed E-state index contributed by atoms with van der Waals surface area (Å²) < 4.78 is 62.9. The summed E-state index contributed by atoms with van der Waals surface area (Å²) in [6.07, 6.45) is -4.71. The molecule has 2 heterocycles. The summed E-state index contributed by atoms with van der Waals surface area (Å²) in [6, 6.07) is 8.49. The molecule has 1 saturated heterocycles. The van der Waals surface area contributed by atoms with Gasteiger partial charge in [-0.3, -0.25) is 15.1 Å². The van der Waals surface area contributed by atoms with E-state index in [1.54, 1.807) is 0 Å². The molecule has 0 saturated carbocycles. The number of hydrogen-bond donors (Lipinski definition) is 2. The number of nitrogens with zero attached hydrogens (tertiary/aromatic N) is 3. The quantitative estimate of drug-likeness (QED) is 0.396. The van der Waals surface area contributed by atoms with Crippen LogP contribution < -0.4 is 16.2 Å².